The van der Waals surface area contributed by atoms with E-state index in [2.05, 4.69) is 13.8 Å². The van der Waals surface area contributed by atoms with E-state index in [-0.39, 0.29) is 5.92 Å². The average Bonchev–Trinajstić information content (AvgIpc) is 2.39. The first kappa shape index (κ1) is 18.6. The third-order valence-corrected chi connectivity index (χ3v) is 3.88. The summed E-state index contributed by atoms with van der Waals surface area (Å²) in [5.41, 5.74) is 0. The molecule has 0 aliphatic heterocycles. The summed E-state index contributed by atoms with van der Waals surface area (Å²) in [6, 6.07) is -1.09. The lowest BCUT2D eigenvalue weighted by molar-refractivity contribution is -0.134. The van der Waals surface area contributed by atoms with Crippen molar-refractivity contribution in [1.82, 2.24) is 0 Å². The first-order chi connectivity index (χ1) is 9.22. The molecule has 0 aromatic rings. The average molecular weight is 272 g/mol. The van der Waals surface area contributed by atoms with Crippen molar-refractivity contribution in [3.05, 3.63) is 0 Å². The van der Waals surface area contributed by atoms with Gasteiger partial charge in [-0.3, -0.25) is 4.79 Å². The molecule has 0 amide bonds. The summed E-state index contributed by atoms with van der Waals surface area (Å²) in [5, 5.41) is 0. The molecule has 0 saturated heterocycles. The fourth-order valence-corrected chi connectivity index (χ4v) is 2.52. The predicted molar refractivity (Wildman–Crippen MR) is 81.0 cm³/mol. The molecule has 0 rings (SSSR count). The Balaban J connectivity index is 3.37. The van der Waals surface area contributed by atoms with Crippen LogP contribution in [0.2, 0.25) is 0 Å². The molecule has 0 aliphatic rings. The molecule has 114 valence electrons. The van der Waals surface area contributed by atoms with Crippen LogP contribution in [0, 0.1) is 5.92 Å². The van der Waals surface area contributed by atoms with Crippen LogP contribution in [0.5, 0.6) is 0 Å². The molecule has 0 aromatic heterocycles. The monoisotopic (exact) mass is 272 g/mol. The van der Waals surface area contributed by atoms with Gasteiger partial charge < -0.3 is 0 Å². The molecule has 1 unspecified atom stereocenters. The Labute approximate surface area is 119 Å². The summed E-state index contributed by atoms with van der Waals surface area (Å²) in [6.45, 7) is 4.32. The van der Waals surface area contributed by atoms with Crippen LogP contribution in [0.4, 0.5) is 4.39 Å². The Hall–Kier alpha value is -0.400. The van der Waals surface area contributed by atoms with E-state index >= 15 is 0 Å². The Morgan fingerprint density at radius 2 is 1.16 bits per heavy atom. The van der Waals surface area contributed by atoms with Gasteiger partial charge in [0, 0.05) is 5.92 Å². The molecular formula is C17H33FO. The van der Waals surface area contributed by atoms with Crippen LogP contribution in [0.25, 0.3) is 0 Å². The van der Waals surface area contributed by atoms with E-state index in [0.29, 0.717) is 0 Å². The van der Waals surface area contributed by atoms with E-state index in [1.165, 1.54) is 44.9 Å². The van der Waals surface area contributed by atoms with Crippen molar-refractivity contribution >= 4 is 6.04 Å². The molecule has 19 heavy (non-hydrogen) atoms. The standard InChI is InChI=1S/C17H33FO/c1-3-5-7-8-9-10-11-12-13-15-16(17(18)19)14-6-4-2/h16H,3-15H2,1-2H3. The van der Waals surface area contributed by atoms with Gasteiger partial charge in [0.2, 0.25) is 0 Å². The second-order valence-corrected chi connectivity index (χ2v) is 5.76. The summed E-state index contributed by atoms with van der Waals surface area (Å²) in [7, 11) is 0. The highest BCUT2D eigenvalue weighted by Gasteiger charge is 2.16. The number of unbranched alkanes of at least 4 members (excludes halogenated alkanes) is 9. The van der Waals surface area contributed by atoms with Crippen molar-refractivity contribution < 1.29 is 9.18 Å². The number of carbonyl (C=O) groups is 1. The molecule has 0 spiro atoms. The fraction of sp³-hybridized carbons (Fsp3) is 0.941. The molecule has 0 aliphatic carbocycles. The molecule has 0 N–H and O–H groups in total. The zero-order chi connectivity index (χ0) is 14.3. The van der Waals surface area contributed by atoms with Gasteiger partial charge in [0.1, 0.15) is 0 Å². The van der Waals surface area contributed by atoms with Crippen molar-refractivity contribution in [3.63, 3.8) is 0 Å². The molecule has 0 radical (unpaired) electrons. The molecular weight excluding hydrogens is 239 g/mol. The SMILES string of the molecule is CCCCCCCCCCCC(CCCC)C(=O)F. The molecule has 1 atom stereocenters. The predicted octanol–water partition coefficient (Wildman–Crippen LogP) is 6.21. The highest BCUT2D eigenvalue weighted by molar-refractivity contribution is 5.70. The van der Waals surface area contributed by atoms with Crippen LogP contribution < -0.4 is 0 Å². The molecule has 0 bridgehead atoms. The van der Waals surface area contributed by atoms with Gasteiger partial charge >= 0.3 is 6.04 Å². The lowest BCUT2D eigenvalue weighted by Gasteiger charge is -2.10. The minimum Gasteiger partial charge on any atom is -0.261 e. The zero-order valence-corrected chi connectivity index (χ0v) is 13.1. The molecule has 1 nitrogen and oxygen atoms in total. The topological polar surface area (TPSA) is 17.1 Å². The highest BCUT2D eigenvalue weighted by Crippen LogP contribution is 2.19. The minimum absolute atomic E-state index is 0.315. The lowest BCUT2D eigenvalue weighted by atomic mass is 9.95. The maximum Gasteiger partial charge on any atom is 0.304 e. The van der Waals surface area contributed by atoms with E-state index in [9.17, 15) is 9.18 Å². The van der Waals surface area contributed by atoms with Crippen molar-refractivity contribution in [2.24, 2.45) is 5.92 Å². The molecule has 0 fully saturated rings. The van der Waals surface area contributed by atoms with E-state index in [0.717, 1.165) is 38.5 Å². The Morgan fingerprint density at radius 3 is 1.63 bits per heavy atom. The van der Waals surface area contributed by atoms with Gasteiger partial charge in [-0.1, -0.05) is 84.5 Å². The smallest absolute Gasteiger partial charge is 0.261 e. The van der Waals surface area contributed by atoms with E-state index in [1.807, 2.05) is 0 Å². The summed E-state index contributed by atoms with van der Waals surface area (Å²) in [5.74, 6) is -0.315. The third-order valence-electron chi connectivity index (χ3n) is 3.88. The Kier molecular flexibility index (Phi) is 13.7. The minimum atomic E-state index is -1.09. The van der Waals surface area contributed by atoms with E-state index in [1.54, 1.807) is 0 Å². The first-order valence-corrected chi connectivity index (χ1v) is 8.41. The number of hydrogen-bond donors (Lipinski definition) is 0. The highest BCUT2D eigenvalue weighted by atomic mass is 19.1. The van der Waals surface area contributed by atoms with Crippen molar-refractivity contribution in [2.75, 3.05) is 0 Å². The van der Waals surface area contributed by atoms with Crippen LogP contribution >= 0.6 is 0 Å². The van der Waals surface area contributed by atoms with E-state index in [4.69, 9.17) is 0 Å². The van der Waals surface area contributed by atoms with Gasteiger partial charge in [-0.15, -0.1) is 0 Å². The second kappa shape index (κ2) is 14.0. The normalized spacial score (nSPS) is 12.6. The Bertz CT molecular complexity index is 203. The second-order valence-electron chi connectivity index (χ2n) is 5.76. The summed E-state index contributed by atoms with van der Waals surface area (Å²) >= 11 is 0. The van der Waals surface area contributed by atoms with Crippen molar-refractivity contribution in [2.45, 2.75) is 97.3 Å². The molecule has 2 heteroatoms. The first-order valence-electron chi connectivity index (χ1n) is 8.41. The van der Waals surface area contributed by atoms with Gasteiger partial charge in [0.25, 0.3) is 0 Å². The lowest BCUT2D eigenvalue weighted by Crippen LogP contribution is -2.09. The van der Waals surface area contributed by atoms with Crippen LogP contribution in [0.15, 0.2) is 0 Å². The van der Waals surface area contributed by atoms with Crippen LogP contribution in [-0.2, 0) is 4.79 Å². The maximum absolute atomic E-state index is 12.8. The van der Waals surface area contributed by atoms with Crippen LogP contribution in [0.1, 0.15) is 97.3 Å². The number of rotatable bonds is 14. The van der Waals surface area contributed by atoms with Crippen LogP contribution in [0.3, 0.4) is 0 Å². The van der Waals surface area contributed by atoms with Crippen LogP contribution in [-0.4, -0.2) is 6.04 Å². The number of carbonyl (C=O) groups excluding carboxylic acids is 1. The molecule has 0 aromatic carbocycles. The van der Waals surface area contributed by atoms with Gasteiger partial charge in [0.05, 0.1) is 0 Å². The van der Waals surface area contributed by atoms with Crippen molar-refractivity contribution in [3.8, 4) is 0 Å². The quantitative estimate of drug-likeness (QED) is 0.271. The summed E-state index contributed by atoms with van der Waals surface area (Å²) in [6.07, 6.45) is 14.9. The number of halogens is 1. The van der Waals surface area contributed by atoms with Gasteiger partial charge in [0.15, 0.2) is 0 Å². The zero-order valence-electron chi connectivity index (χ0n) is 13.1. The van der Waals surface area contributed by atoms with Gasteiger partial charge in [-0.05, 0) is 12.8 Å². The Morgan fingerprint density at radius 1 is 0.737 bits per heavy atom. The largest absolute Gasteiger partial charge is 0.304 e. The van der Waals surface area contributed by atoms with E-state index < -0.39 is 6.04 Å². The fourth-order valence-electron chi connectivity index (χ4n) is 2.52. The third kappa shape index (κ3) is 12.4. The summed E-state index contributed by atoms with van der Waals surface area (Å²) in [4.78, 5) is 10.8. The molecule has 0 saturated carbocycles. The maximum atomic E-state index is 12.8. The summed E-state index contributed by atoms with van der Waals surface area (Å²) < 4.78 is 12.8. The van der Waals surface area contributed by atoms with Gasteiger partial charge in [-0.2, -0.15) is 4.39 Å². The van der Waals surface area contributed by atoms with Gasteiger partial charge in [-0.25, -0.2) is 0 Å². The number of hydrogen-bond acceptors (Lipinski definition) is 1. The van der Waals surface area contributed by atoms with Crippen molar-refractivity contribution in [1.29, 1.82) is 0 Å². The molecule has 0 heterocycles.